The van der Waals surface area contributed by atoms with E-state index in [9.17, 15) is 24.8 Å². The third-order valence-electron chi connectivity index (χ3n) is 4.77. The number of rotatable bonds is 6. The third-order valence-corrected chi connectivity index (χ3v) is 4.77. The summed E-state index contributed by atoms with van der Waals surface area (Å²) >= 11 is 0. The van der Waals surface area contributed by atoms with Crippen LogP contribution in [0.5, 0.6) is 0 Å². The highest BCUT2D eigenvalue weighted by molar-refractivity contribution is 6.46. The molecular formula is C21H20N2O5. The van der Waals surface area contributed by atoms with Crippen molar-refractivity contribution in [1.82, 2.24) is 4.90 Å². The minimum absolute atomic E-state index is 0.124. The normalized spacial score (nSPS) is 18.5. The number of aliphatic hydroxyl groups is 1. The van der Waals surface area contributed by atoms with Crippen LogP contribution in [0.15, 0.2) is 60.2 Å². The molecule has 0 aromatic heterocycles. The first-order valence-corrected chi connectivity index (χ1v) is 9.04. The number of ketones is 1. The molecule has 1 saturated heterocycles. The topological polar surface area (TPSA) is 101 Å². The Morgan fingerprint density at radius 1 is 1.11 bits per heavy atom. The Balaban J connectivity index is 2.24. The Hall–Kier alpha value is -3.48. The largest absolute Gasteiger partial charge is 0.507 e. The summed E-state index contributed by atoms with van der Waals surface area (Å²) in [4.78, 5) is 37.8. The van der Waals surface area contributed by atoms with Gasteiger partial charge in [0.25, 0.3) is 17.4 Å². The highest BCUT2D eigenvalue weighted by Gasteiger charge is 2.47. The van der Waals surface area contributed by atoms with Crippen molar-refractivity contribution in [2.45, 2.75) is 25.8 Å². The van der Waals surface area contributed by atoms with Crippen LogP contribution < -0.4 is 0 Å². The summed E-state index contributed by atoms with van der Waals surface area (Å²) in [5.74, 6) is -1.92. The average molecular weight is 380 g/mol. The predicted octanol–water partition coefficient (Wildman–Crippen LogP) is 3.82. The molecule has 0 spiro atoms. The lowest BCUT2D eigenvalue weighted by molar-refractivity contribution is -0.385. The minimum atomic E-state index is -1.01. The maximum absolute atomic E-state index is 12.8. The van der Waals surface area contributed by atoms with Gasteiger partial charge in [0.15, 0.2) is 0 Å². The van der Waals surface area contributed by atoms with Gasteiger partial charge in [0.1, 0.15) is 5.76 Å². The van der Waals surface area contributed by atoms with E-state index in [-0.39, 0.29) is 29.1 Å². The standard InChI is InChI=1S/C21H20N2O5/c1-2-3-13-22-18(15-11-7-8-12-16(15)23(27)28)17(20(25)21(22)26)19(24)14-9-5-4-6-10-14/h4-12,18,24H,2-3,13H2,1H3/t18-/m1/s1. The SMILES string of the molecule is CCCCN1C(=O)C(=O)C(=C(O)c2ccccc2)[C@H]1c1ccccc1[N+](=O)[O-]. The molecule has 1 amide bonds. The van der Waals surface area contributed by atoms with Crippen molar-refractivity contribution < 1.29 is 19.6 Å². The Morgan fingerprint density at radius 3 is 2.39 bits per heavy atom. The fraction of sp³-hybridized carbons (Fsp3) is 0.238. The molecule has 0 saturated carbocycles. The molecule has 1 aliphatic heterocycles. The zero-order valence-electron chi connectivity index (χ0n) is 15.4. The highest BCUT2D eigenvalue weighted by Crippen LogP contribution is 2.42. The van der Waals surface area contributed by atoms with Gasteiger partial charge in [0.05, 0.1) is 22.1 Å². The molecular weight excluding hydrogens is 360 g/mol. The molecule has 1 atom stereocenters. The van der Waals surface area contributed by atoms with E-state index in [1.54, 1.807) is 36.4 Å². The first kappa shape index (κ1) is 19.3. The van der Waals surface area contributed by atoms with Crippen LogP contribution in [0, 0.1) is 10.1 Å². The molecule has 7 heteroatoms. The molecule has 1 aliphatic rings. The summed E-state index contributed by atoms with van der Waals surface area (Å²) in [5, 5.41) is 22.4. The Kier molecular flexibility index (Phi) is 5.54. The van der Waals surface area contributed by atoms with Crippen molar-refractivity contribution in [3.63, 3.8) is 0 Å². The second kappa shape index (κ2) is 8.04. The number of likely N-dealkylation sites (tertiary alicyclic amines) is 1. The monoisotopic (exact) mass is 380 g/mol. The van der Waals surface area contributed by atoms with Crippen molar-refractivity contribution >= 4 is 23.1 Å². The smallest absolute Gasteiger partial charge is 0.295 e. The number of nitro groups is 1. The van der Waals surface area contributed by atoms with Gasteiger partial charge in [-0.3, -0.25) is 19.7 Å². The first-order chi connectivity index (χ1) is 13.5. The number of nitro benzene ring substituents is 1. The Bertz CT molecular complexity index is 952. The van der Waals surface area contributed by atoms with E-state index in [1.807, 2.05) is 6.92 Å². The van der Waals surface area contributed by atoms with Crippen LogP contribution >= 0.6 is 0 Å². The molecule has 0 unspecified atom stereocenters. The number of benzene rings is 2. The van der Waals surface area contributed by atoms with Gasteiger partial charge in [0, 0.05) is 18.2 Å². The fourth-order valence-electron chi connectivity index (χ4n) is 3.40. The van der Waals surface area contributed by atoms with Gasteiger partial charge in [-0.15, -0.1) is 0 Å². The lowest BCUT2D eigenvalue weighted by atomic mass is 9.94. The lowest BCUT2D eigenvalue weighted by Gasteiger charge is -2.25. The van der Waals surface area contributed by atoms with Crippen LogP contribution in [0.4, 0.5) is 5.69 Å². The number of Topliss-reactive ketones (excluding diaryl/α,β-unsaturated/α-hetero) is 1. The molecule has 28 heavy (non-hydrogen) atoms. The van der Waals surface area contributed by atoms with E-state index < -0.39 is 22.7 Å². The van der Waals surface area contributed by atoms with Gasteiger partial charge < -0.3 is 10.0 Å². The number of para-hydroxylation sites is 1. The van der Waals surface area contributed by atoms with E-state index in [0.29, 0.717) is 12.0 Å². The highest BCUT2D eigenvalue weighted by atomic mass is 16.6. The number of unbranched alkanes of at least 4 members (excludes halogenated alkanes) is 1. The van der Waals surface area contributed by atoms with Gasteiger partial charge in [-0.25, -0.2) is 0 Å². The first-order valence-electron chi connectivity index (χ1n) is 9.04. The molecule has 0 aliphatic carbocycles. The van der Waals surface area contributed by atoms with Gasteiger partial charge in [-0.1, -0.05) is 55.8 Å². The molecule has 7 nitrogen and oxygen atoms in total. The Labute approximate surface area is 162 Å². The average Bonchev–Trinajstić information content (AvgIpc) is 2.96. The maximum atomic E-state index is 12.8. The van der Waals surface area contributed by atoms with Crippen LogP contribution in [0.2, 0.25) is 0 Å². The van der Waals surface area contributed by atoms with Crippen LogP contribution in [0.3, 0.4) is 0 Å². The molecule has 1 N–H and O–H groups in total. The van der Waals surface area contributed by atoms with Crippen molar-refractivity contribution in [2.75, 3.05) is 6.54 Å². The maximum Gasteiger partial charge on any atom is 0.295 e. The van der Waals surface area contributed by atoms with Crippen molar-refractivity contribution in [2.24, 2.45) is 0 Å². The zero-order valence-corrected chi connectivity index (χ0v) is 15.4. The molecule has 2 aromatic carbocycles. The number of nitrogens with zero attached hydrogens (tertiary/aromatic N) is 2. The fourth-order valence-corrected chi connectivity index (χ4v) is 3.40. The molecule has 3 rings (SSSR count). The van der Waals surface area contributed by atoms with Crippen molar-refractivity contribution in [1.29, 1.82) is 0 Å². The van der Waals surface area contributed by atoms with Gasteiger partial charge in [-0.05, 0) is 12.5 Å². The van der Waals surface area contributed by atoms with Crippen molar-refractivity contribution in [3.05, 3.63) is 81.4 Å². The number of aliphatic hydroxyl groups excluding tert-OH is 1. The summed E-state index contributed by atoms with van der Waals surface area (Å²) in [5.41, 5.74) is 0.260. The second-order valence-electron chi connectivity index (χ2n) is 6.53. The number of carbonyl (C=O) groups excluding carboxylic acids is 2. The summed E-state index contributed by atoms with van der Waals surface area (Å²) in [6, 6.07) is 13.4. The number of hydrogen-bond acceptors (Lipinski definition) is 5. The van der Waals surface area contributed by atoms with Crippen LogP contribution in [-0.4, -0.2) is 33.2 Å². The Morgan fingerprint density at radius 2 is 1.75 bits per heavy atom. The van der Waals surface area contributed by atoms with E-state index in [1.165, 1.54) is 23.1 Å². The molecule has 0 bridgehead atoms. The number of amides is 1. The predicted molar refractivity (Wildman–Crippen MR) is 103 cm³/mol. The number of hydrogen-bond donors (Lipinski definition) is 1. The lowest BCUT2D eigenvalue weighted by Crippen LogP contribution is -2.30. The van der Waals surface area contributed by atoms with E-state index >= 15 is 0 Å². The zero-order chi connectivity index (χ0) is 20.3. The summed E-state index contributed by atoms with van der Waals surface area (Å²) in [6.45, 7) is 2.21. The molecule has 1 heterocycles. The van der Waals surface area contributed by atoms with Crippen LogP contribution in [0.25, 0.3) is 5.76 Å². The third kappa shape index (κ3) is 3.38. The van der Waals surface area contributed by atoms with Crippen molar-refractivity contribution in [3.8, 4) is 0 Å². The van der Waals surface area contributed by atoms with E-state index in [0.717, 1.165) is 6.42 Å². The summed E-state index contributed by atoms with van der Waals surface area (Å²) < 4.78 is 0. The molecule has 0 radical (unpaired) electrons. The molecule has 144 valence electrons. The van der Waals surface area contributed by atoms with E-state index in [2.05, 4.69) is 0 Å². The second-order valence-corrected chi connectivity index (χ2v) is 6.53. The molecule has 1 fully saturated rings. The summed E-state index contributed by atoms with van der Waals surface area (Å²) in [7, 11) is 0. The quantitative estimate of drug-likeness (QED) is 0.270. The van der Waals surface area contributed by atoms with Gasteiger partial charge in [-0.2, -0.15) is 0 Å². The molecule has 2 aromatic rings. The van der Waals surface area contributed by atoms with Crippen LogP contribution in [0.1, 0.15) is 36.9 Å². The minimum Gasteiger partial charge on any atom is -0.507 e. The van der Waals surface area contributed by atoms with Gasteiger partial charge in [0.2, 0.25) is 0 Å². The van der Waals surface area contributed by atoms with E-state index in [4.69, 9.17) is 0 Å². The van der Waals surface area contributed by atoms with Crippen LogP contribution in [-0.2, 0) is 9.59 Å². The number of carbonyl (C=O) groups is 2. The summed E-state index contributed by atoms with van der Waals surface area (Å²) in [6.07, 6.45) is 1.42. The van der Waals surface area contributed by atoms with Gasteiger partial charge >= 0.3 is 0 Å².